The van der Waals surface area contributed by atoms with E-state index in [1.165, 1.54) is 18.2 Å². The van der Waals surface area contributed by atoms with Crippen molar-refractivity contribution in [3.8, 4) is 0 Å². The third kappa shape index (κ3) is 3.44. The molecule has 0 fully saturated rings. The van der Waals surface area contributed by atoms with Crippen molar-refractivity contribution < 1.29 is 8.42 Å². The standard InChI is InChI=1S/C12H12N4O3S2/c1-7-2-3-8(12(13)20)6-9(7)21(18,19)16-10-4-5-11(17)15-14-10/h2-6H,1H3,(H2,13,20)(H,14,16)(H,15,17). The van der Waals surface area contributed by atoms with E-state index in [9.17, 15) is 13.2 Å². The predicted octanol–water partition coefficient (Wildman–Crippen LogP) is 0.513. The lowest BCUT2D eigenvalue weighted by molar-refractivity contribution is 0.600. The van der Waals surface area contributed by atoms with Gasteiger partial charge in [0, 0.05) is 11.6 Å². The number of nitrogens with zero attached hydrogens (tertiary/aromatic N) is 1. The molecule has 0 unspecified atom stereocenters. The Labute approximate surface area is 126 Å². The van der Waals surface area contributed by atoms with Gasteiger partial charge in [-0.05, 0) is 24.6 Å². The Morgan fingerprint density at radius 1 is 1.33 bits per heavy atom. The first kappa shape index (κ1) is 15.1. The quantitative estimate of drug-likeness (QED) is 0.705. The summed E-state index contributed by atoms with van der Waals surface area (Å²) in [5.74, 6) is 0.00901. The maximum absolute atomic E-state index is 12.4. The molecule has 0 spiro atoms. The minimum absolute atomic E-state index is 0.00901. The largest absolute Gasteiger partial charge is 0.389 e. The lowest BCUT2D eigenvalue weighted by Gasteiger charge is -2.10. The molecule has 0 radical (unpaired) electrons. The van der Waals surface area contributed by atoms with Crippen LogP contribution in [0, 0.1) is 6.92 Å². The van der Waals surface area contributed by atoms with E-state index in [0.717, 1.165) is 0 Å². The fourth-order valence-electron chi connectivity index (χ4n) is 1.64. The van der Waals surface area contributed by atoms with E-state index in [0.29, 0.717) is 11.1 Å². The molecule has 0 amide bonds. The number of anilines is 1. The summed E-state index contributed by atoms with van der Waals surface area (Å²) in [6.07, 6.45) is 0. The molecule has 0 aliphatic carbocycles. The van der Waals surface area contributed by atoms with Crippen molar-refractivity contribution in [2.45, 2.75) is 11.8 Å². The Kier molecular flexibility index (Phi) is 4.05. The zero-order valence-corrected chi connectivity index (χ0v) is 12.6. The molecule has 0 atom stereocenters. The Hall–Kier alpha value is -2.26. The van der Waals surface area contributed by atoms with Crippen LogP contribution in [0.1, 0.15) is 11.1 Å². The maximum atomic E-state index is 12.4. The van der Waals surface area contributed by atoms with Gasteiger partial charge >= 0.3 is 0 Å². The second-order valence-electron chi connectivity index (χ2n) is 4.26. The molecule has 21 heavy (non-hydrogen) atoms. The molecule has 1 heterocycles. The minimum Gasteiger partial charge on any atom is -0.389 e. The first-order chi connectivity index (χ1) is 9.79. The molecule has 7 nitrogen and oxygen atoms in total. The van der Waals surface area contributed by atoms with E-state index in [1.807, 2.05) is 0 Å². The molecule has 0 aliphatic rings. The summed E-state index contributed by atoms with van der Waals surface area (Å²) >= 11 is 4.84. The Bertz CT molecular complexity index is 839. The van der Waals surface area contributed by atoms with E-state index >= 15 is 0 Å². The highest BCUT2D eigenvalue weighted by molar-refractivity contribution is 7.92. The number of thiocarbonyl (C=S) groups is 1. The number of aryl methyl sites for hydroxylation is 1. The van der Waals surface area contributed by atoms with E-state index in [1.54, 1.807) is 19.1 Å². The lowest BCUT2D eigenvalue weighted by Crippen LogP contribution is -2.18. The molecule has 9 heteroatoms. The highest BCUT2D eigenvalue weighted by atomic mass is 32.2. The molecule has 2 rings (SSSR count). The molecular weight excluding hydrogens is 312 g/mol. The number of H-pyrrole nitrogens is 1. The summed E-state index contributed by atoms with van der Waals surface area (Å²) < 4.78 is 27.0. The van der Waals surface area contributed by atoms with Crippen LogP contribution in [0.5, 0.6) is 0 Å². The van der Waals surface area contributed by atoms with Gasteiger partial charge in [0.25, 0.3) is 15.6 Å². The van der Waals surface area contributed by atoms with Crippen LogP contribution in [-0.4, -0.2) is 23.6 Å². The number of nitrogens with one attached hydrogen (secondary N) is 2. The first-order valence-corrected chi connectivity index (χ1v) is 7.68. The number of nitrogens with two attached hydrogens (primary N) is 1. The Balaban J connectivity index is 2.44. The molecule has 0 aliphatic heterocycles. The van der Waals surface area contributed by atoms with Crippen LogP contribution >= 0.6 is 12.2 Å². The van der Waals surface area contributed by atoms with Crippen LogP contribution in [0.4, 0.5) is 5.82 Å². The maximum Gasteiger partial charge on any atom is 0.264 e. The van der Waals surface area contributed by atoms with Crippen molar-refractivity contribution in [1.82, 2.24) is 10.2 Å². The third-order valence-electron chi connectivity index (χ3n) is 2.68. The number of aromatic amines is 1. The van der Waals surface area contributed by atoms with Crippen LogP contribution in [0.3, 0.4) is 0 Å². The highest BCUT2D eigenvalue weighted by Gasteiger charge is 2.18. The van der Waals surface area contributed by atoms with Gasteiger partial charge in [-0.25, -0.2) is 13.5 Å². The van der Waals surface area contributed by atoms with E-state index in [2.05, 4.69) is 14.9 Å². The molecular formula is C12H12N4O3S2. The number of benzene rings is 1. The summed E-state index contributed by atoms with van der Waals surface area (Å²) in [6, 6.07) is 7.09. The Morgan fingerprint density at radius 3 is 2.62 bits per heavy atom. The van der Waals surface area contributed by atoms with Crippen molar-refractivity contribution in [2.75, 3.05) is 4.72 Å². The van der Waals surface area contributed by atoms with E-state index < -0.39 is 15.6 Å². The van der Waals surface area contributed by atoms with Crippen LogP contribution in [-0.2, 0) is 10.0 Å². The minimum atomic E-state index is -3.86. The van der Waals surface area contributed by atoms with Crippen molar-refractivity contribution in [3.05, 3.63) is 51.8 Å². The van der Waals surface area contributed by atoms with Gasteiger partial charge in [-0.15, -0.1) is 0 Å². The molecule has 110 valence electrons. The number of rotatable bonds is 4. The van der Waals surface area contributed by atoms with Gasteiger partial charge in [0.15, 0.2) is 5.82 Å². The second-order valence-corrected chi connectivity index (χ2v) is 6.35. The number of aromatic nitrogens is 2. The van der Waals surface area contributed by atoms with Crippen LogP contribution in [0.15, 0.2) is 40.0 Å². The van der Waals surface area contributed by atoms with Gasteiger partial charge < -0.3 is 5.73 Å². The topological polar surface area (TPSA) is 118 Å². The van der Waals surface area contributed by atoms with Crippen LogP contribution < -0.4 is 16.0 Å². The van der Waals surface area contributed by atoms with Crippen LogP contribution in [0.25, 0.3) is 0 Å². The van der Waals surface area contributed by atoms with Gasteiger partial charge in [-0.2, -0.15) is 5.10 Å². The molecule has 0 saturated heterocycles. The van der Waals surface area contributed by atoms with Gasteiger partial charge in [0.05, 0.1) is 4.90 Å². The average Bonchev–Trinajstić information content (AvgIpc) is 2.41. The molecule has 0 saturated carbocycles. The molecule has 1 aromatic carbocycles. The molecule has 1 aromatic heterocycles. The Morgan fingerprint density at radius 2 is 2.05 bits per heavy atom. The summed E-state index contributed by atoms with van der Waals surface area (Å²) in [7, 11) is -3.86. The molecule has 0 bridgehead atoms. The summed E-state index contributed by atoms with van der Waals surface area (Å²) in [5, 5.41) is 5.74. The highest BCUT2D eigenvalue weighted by Crippen LogP contribution is 2.19. The van der Waals surface area contributed by atoms with Crippen molar-refractivity contribution in [1.29, 1.82) is 0 Å². The zero-order chi connectivity index (χ0) is 15.6. The van der Waals surface area contributed by atoms with Gasteiger partial charge in [-0.1, -0.05) is 24.4 Å². The first-order valence-electron chi connectivity index (χ1n) is 5.78. The second kappa shape index (κ2) is 5.62. The lowest BCUT2D eigenvalue weighted by atomic mass is 10.1. The normalized spacial score (nSPS) is 11.1. The zero-order valence-electron chi connectivity index (χ0n) is 11.0. The molecule has 4 N–H and O–H groups in total. The van der Waals surface area contributed by atoms with E-state index in [4.69, 9.17) is 18.0 Å². The van der Waals surface area contributed by atoms with Crippen molar-refractivity contribution in [2.24, 2.45) is 5.73 Å². The average molecular weight is 324 g/mol. The van der Waals surface area contributed by atoms with Crippen molar-refractivity contribution >= 4 is 33.0 Å². The fraction of sp³-hybridized carbons (Fsp3) is 0.0833. The van der Waals surface area contributed by atoms with E-state index in [-0.39, 0.29) is 15.7 Å². The van der Waals surface area contributed by atoms with Gasteiger partial charge in [-0.3, -0.25) is 9.52 Å². The number of hydrogen-bond donors (Lipinski definition) is 3. The summed E-state index contributed by atoms with van der Waals surface area (Å²) in [4.78, 5) is 11.1. The van der Waals surface area contributed by atoms with Crippen LogP contribution in [0.2, 0.25) is 0 Å². The monoisotopic (exact) mass is 324 g/mol. The van der Waals surface area contributed by atoms with Crippen molar-refractivity contribution in [3.63, 3.8) is 0 Å². The number of hydrogen-bond acceptors (Lipinski definition) is 5. The SMILES string of the molecule is Cc1ccc(C(N)=S)cc1S(=O)(=O)Nc1ccc(=O)[nH]n1. The summed E-state index contributed by atoms with van der Waals surface area (Å²) in [5.41, 5.74) is 6.07. The fourth-order valence-corrected chi connectivity index (χ4v) is 3.04. The predicted molar refractivity (Wildman–Crippen MR) is 82.7 cm³/mol. The number of sulfonamides is 1. The summed E-state index contributed by atoms with van der Waals surface area (Å²) in [6.45, 7) is 1.65. The van der Waals surface area contributed by atoms with Gasteiger partial charge in [0.1, 0.15) is 4.99 Å². The van der Waals surface area contributed by atoms with Gasteiger partial charge in [0.2, 0.25) is 0 Å². The smallest absolute Gasteiger partial charge is 0.264 e. The molecule has 2 aromatic rings. The third-order valence-corrected chi connectivity index (χ3v) is 4.41.